The Labute approximate surface area is 83.1 Å². The van der Waals surface area contributed by atoms with Crippen molar-refractivity contribution in [3.8, 4) is 0 Å². The fourth-order valence-electron chi connectivity index (χ4n) is 1.20. The molecule has 2 rings (SSSR count). The van der Waals surface area contributed by atoms with E-state index in [1.165, 1.54) is 0 Å². The third-order valence-electron chi connectivity index (χ3n) is 1.75. The predicted molar refractivity (Wildman–Crippen MR) is 56.4 cm³/mol. The summed E-state index contributed by atoms with van der Waals surface area (Å²) in [5, 5.41) is 1.09. The molecule has 0 saturated carbocycles. The van der Waals surface area contributed by atoms with E-state index in [9.17, 15) is 4.79 Å². The number of H-pyrrole nitrogens is 1. The highest BCUT2D eigenvalue weighted by Gasteiger charge is 2.01. The first-order chi connectivity index (χ1) is 5.81. The maximum absolute atomic E-state index is 10.5. The Morgan fingerprint density at radius 1 is 1.42 bits per heavy atom. The molecule has 2 aromatic rings. The number of aldehydes is 1. The Bertz CT molecular complexity index is 433. The summed E-state index contributed by atoms with van der Waals surface area (Å²) in [6, 6.07) is 7.83. The number of aromatic nitrogens is 1. The summed E-state index contributed by atoms with van der Waals surface area (Å²) >= 11 is 2.24. The summed E-state index contributed by atoms with van der Waals surface area (Å²) in [7, 11) is 0. The van der Waals surface area contributed by atoms with Gasteiger partial charge in [0.25, 0.3) is 0 Å². The quantitative estimate of drug-likeness (QED) is 0.627. The predicted octanol–water partition coefficient (Wildman–Crippen LogP) is 2.59. The summed E-state index contributed by atoms with van der Waals surface area (Å²) < 4.78 is 1.14. The van der Waals surface area contributed by atoms with E-state index in [4.69, 9.17) is 0 Å². The van der Waals surface area contributed by atoms with Gasteiger partial charge < -0.3 is 4.98 Å². The summed E-state index contributed by atoms with van der Waals surface area (Å²) in [5.74, 6) is 0. The van der Waals surface area contributed by atoms with Gasteiger partial charge in [0.2, 0.25) is 0 Å². The number of hydrogen-bond acceptors (Lipinski definition) is 1. The van der Waals surface area contributed by atoms with E-state index >= 15 is 0 Å². The minimum atomic E-state index is 0.633. The van der Waals surface area contributed by atoms with Crippen LogP contribution in [0.2, 0.25) is 0 Å². The van der Waals surface area contributed by atoms with Crippen molar-refractivity contribution in [1.82, 2.24) is 4.98 Å². The molecule has 0 unspecified atom stereocenters. The molecule has 1 heterocycles. The molecule has 0 aliphatic heterocycles. The third-order valence-corrected chi connectivity index (χ3v) is 2.65. The highest BCUT2D eigenvalue weighted by Crippen LogP contribution is 2.19. The maximum Gasteiger partial charge on any atom is 0.166 e. The van der Waals surface area contributed by atoms with E-state index in [-0.39, 0.29) is 0 Å². The van der Waals surface area contributed by atoms with Crippen molar-refractivity contribution >= 4 is 39.8 Å². The van der Waals surface area contributed by atoms with Crippen LogP contribution in [0, 0.1) is 3.57 Å². The SMILES string of the molecule is O=Cc1cc2cccc(I)c2[nH]1. The first-order valence-electron chi connectivity index (χ1n) is 3.53. The number of benzene rings is 1. The van der Waals surface area contributed by atoms with Crippen LogP contribution in [-0.4, -0.2) is 11.3 Å². The van der Waals surface area contributed by atoms with Crippen molar-refractivity contribution in [2.75, 3.05) is 0 Å². The van der Waals surface area contributed by atoms with Gasteiger partial charge in [-0.1, -0.05) is 12.1 Å². The van der Waals surface area contributed by atoms with Crippen molar-refractivity contribution in [3.63, 3.8) is 0 Å². The summed E-state index contributed by atoms with van der Waals surface area (Å²) in [6.45, 7) is 0. The highest BCUT2D eigenvalue weighted by atomic mass is 127. The van der Waals surface area contributed by atoms with Crippen molar-refractivity contribution in [2.24, 2.45) is 0 Å². The van der Waals surface area contributed by atoms with E-state index in [2.05, 4.69) is 27.6 Å². The van der Waals surface area contributed by atoms with Gasteiger partial charge in [0.1, 0.15) is 0 Å². The lowest BCUT2D eigenvalue weighted by Gasteiger charge is -1.90. The van der Waals surface area contributed by atoms with Crippen LogP contribution in [0.15, 0.2) is 24.3 Å². The average molecular weight is 271 g/mol. The molecule has 0 bridgehead atoms. The Balaban J connectivity index is 2.82. The first kappa shape index (κ1) is 7.79. The fourth-order valence-corrected chi connectivity index (χ4v) is 1.86. The van der Waals surface area contributed by atoms with Crippen LogP contribution in [-0.2, 0) is 0 Å². The van der Waals surface area contributed by atoms with Crippen LogP contribution in [0.25, 0.3) is 10.9 Å². The molecule has 0 amide bonds. The lowest BCUT2D eigenvalue weighted by Crippen LogP contribution is -1.77. The number of nitrogens with one attached hydrogen (secondary N) is 1. The lowest BCUT2D eigenvalue weighted by atomic mass is 10.2. The molecule has 0 fully saturated rings. The number of carbonyl (C=O) groups excluding carboxylic acids is 1. The number of rotatable bonds is 1. The number of hydrogen-bond donors (Lipinski definition) is 1. The van der Waals surface area contributed by atoms with Crippen molar-refractivity contribution < 1.29 is 4.79 Å². The minimum Gasteiger partial charge on any atom is -0.351 e. The molecule has 0 saturated heterocycles. The third kappa shape index (κ3) is 1.14. The van der Waals surface area contributed by atoms with Gasteiger partial charge in [0.05, 0.1) is 11.2 Å². The van der Waals surface area contributed by atoms with Crippen molar-refractivity contribution in [2.45, 2.75) is 0 Å². The molecule has 1 aromatic carbocycles. The van der Waals surface area contributed by atoms with Crippen LogP contribution in [0.1, 0.15) is 10.5 Å². The van der Waals surface area contributed by atoms with Gasteiger partial charge in [0, 0.05) is 8.96 Å². The standard InChI is InChI=1S/C9H6INO/c10-8-3-1-2-6-4-7(5-12)11-9(6)8/h1-5,11H. The van der Waals surface area contributed by atoms with Crippen molar-refractivity contribution in [1.29, 1.82) is 0 Å². The maximum atomic E-state index is 10.5. The van der Waals surface area contributed by atoms with Gasteiger partial charge in [-0.05, 0) is 34.7 Å². The minimum absolute atomic E-state index is 0.633. The van der Waals surface area contributed by atoms with E-state index in [0.717, 1.165) is 20.8 Å². The van der Waals surface area contributed by atoms with Crippen LogP contribution >= 0.6 is 22.6 Å². The number of halogens is 1. The zero-order valence-electron chi connectivity index (χ0n) is 6.17. The summed E-state index contributed by atoms with van der Waals surface area (Å²) in [6.07, 6.45) is 0.829. The number of carbonyl (C=O) groups is 1. The molecule has 60 valence electrons. The molecule has 1 N–H and O–H groups in total. The van der Waals surface area contributed by atoms with Gasteiger partial charge in [-0.25, -0.2) is 0 Å². The molecular weight excluding hydrogens is 265 g/mol. The summed E-state index contributed by atoms with van der Waals surface area (Å²) in [5.41, 5.74) is 1.68. The lowest BCUT2D eigenvalue weighted by molar-refractivity contribution is 0.112. The van der Waals surface area contributed by atoms with E-state index in [0.29, 0.717) is 5.69 Å². The summed E-state index contributed by atoms with van der Waals surface area (Å²) in [4.78, 5) is 13.5. The van der Waals surface area contributed by atoms with Crippen LogP contribution in [0.3, 0.4) is 0 Å². The number of para-hydroxylation sites is 1. The average Bonchev–Trinajstić information content (AvgIpc) is 2.49. The van der Waals surface area contributed by atoms with E-state index in [1.807, 2.05) is 24.3 Å². The molecule has 12 heavy (non-hydrogen) atoms. The highest BCUT2D eigenvalue weighted by molar-refractivity contribution is 14.1. The van der Waals surface area contributed by atoms with Gasteiger partial charge in [-0.2, -0.15) is 0 Å². The van der Waals surface area contributed by atoms with Gasteiger partial charge in [-0.3, -0.25) is 4.79 Å². The second-order valence-electron chi connectivity index (χ2n) is 2.55. The normalized spacial score (nSPS) is 10.4. The number of aromatic amines is 1. The molecule has 2 nitrogen and oxygen atoms in total. The van der Waals surface area contributed by atoms with E-state index < -0.39 is 0 Å². The van der Waals surface area contributed by atoms with Gasteiger partial charge in [-0.15, -0.1) is 0 Å². The zero-order chi connectivity index (χ0) is 8.55. The number of fused-ring (bicyclic) bond motifs is 1. The molecule has 0 radical (unpaired) electrons. The molecule has 3 heteroatoms. The Kier molecular flexibility index (Phi) is 1.88. The molecule has 1 aromatic heterocycles. The molecular formula is C9H6INO. The fraction of sp³-hybridized carbons (Fsp3) is 0. The van der Waals surface area contributed by atoms with E-state index in [1.54, 1.807) is 0 Å². The van der Waals surface area contributed by atoms with Crippen LogP contribution in [0.5, 0.6) is 0 Å². The Morgan fingerprint density at radius 3 is 2.92 bits per heavy atom. The molecule has 0 atom stereocenters. The molecule has 0 aliphatic carbocycles. The monoisotopic (exact) mass is 271 g/mol. The Hall–Kier alpha value is -0.840. The van der Waals surface area contributed by atoms with Crippen LogP contribution < -0.4 is 0 Å². The zero-order valence-corrected chi connectivity index (χ0v) is 8.33. The second kappa shape index (κ2) is 2.90. The smallest absolute Gasteiger partial charge is 0.166 e. The van der Waals surface area contributed by atoms with Crippen molar-refractivity contribution in [3.05, 3.63) is 33.5 Å². The second-order valence-corrected chi connectivity index (χ2v) is 3.71. The molecule has 0 aliphatic rings. The molecule has 0 spiro atoms. The topological polar surface area (TPSA) is 32.9 Å². The van der Waals surface area contributed by atoms with Gasteiger partial charge >= 0.3 is 0 Å². The van der Waals surface area contributed by atoms with Gasteiger partial charge in [0.15, 0.2) is 6.29 Å². The van der Waals surface area contributed by atoms with Crippen LogP contribution in [0.4, 0.5) is 0 Å². The largest absolute Gasteiger partial charge is 0.351 e. The Morgan fingerprint density at radius 2 is 2.25 bits per heavy atom. The first-order valence-corrected chi connectivity index (χ1v) is 4.61.